The Balaban J connectivity index is 1.70. The third-order valence-electron chi connectivity index (χ3n) is 4.15. The molecule has 0 spiro atoms. The number of aliphatic hydroxyl groups is 1. The number of anilines is 1. The zero-order valence-corrected chi connectivity index (χ0v) is 14.1. The van der Waals surface area contributed by atoms with E-state index in [1.165, 1.54) is 4.88 Å². The Morgan fingerprint density at radius 3 is 3.00 bits per heavy atom. The molecule has 1 amide bonds. The number of β-amino-alcohol motifs (C(OH)–C–C–N with tert-alkyl or cyclic N) is 1. The van der Waals surface area contributed by atoms with Gasteiger partial charge in [-0.3, -0.25) is 4.79 Å². The average molecular weight is 330 g/mol. The minimum Gasteiger partial charge on any atom is -0.391 e. The predicted molar refractivity (Wildman–Crippen MR) is 93.9 cm³/mol. The summed E-state index contributed by atoms with van der Waals surface area (Å²) in [5.41, 5.74) is 1.61. The van der Waals surface area contributed by atoms with Crippen molar-refractivity contribution in [2.75, 3.05) is 18.4 Å². The van der Waals surface area contributed by atoms with Crippen molar-refractivity contribution in [2.24, 2.45) is 0 Å². The van der Waals surface area contributed by atoms with Crippen LogP contribution in [0.3, 0.4) is 0 Å². The molecular weight excluding hydrogens is 308 g/mol. The van der Waals surface area contributed by atoms with Gasteiger partial charge in [0.15, 0.2) is 0 Å². The molecule has 4 nitrogen and oxygen atoms in total. The Morgan fingerprint density at radius 1 is 1.39 bits per heavy atom. The maximum absolute atomic E-state index is 12.6. The number of carbonyl (C=O) groups is 1. The number of hydrogen-bond acceptors (Lipinski definition) is 4. The van der Waals surface area contributed by atoms with E-state index in [0.717, 1.165) is 25.1 Å². The number of rotatable bonds is 4. The van der Waals surface area contributed by atoms with Crippen LogP contribution in [-0.4, -0.2) is 35.1 Å². The van der Waals surface area contributed by atoms with Gasteiger partial charge in [0, 0.05) is 29.2 Å². The van der Waals surface area contributed by atoms with E-state index in [2.05, 4.69) is 23.7 Å². The highest BCUT2D eigenvalue weighted by Gasteiger charge is 2.23. The number of benzene rings is 1. The number of amides is 1. The van der Waals surface area contributed by atoms with Crippen LogP contribution in [0, 0.1) is 0 Å². The highest BCUT2D eigenvalue weighted by Crippen LogP contribution is 2.24. The van der Waals surface area contributed by atoms with Gasteiger partial charge in [-0.05, 0) is 49.4 Å². The summed E-state index contributed by atoms with van der Waals surface area (Å²) in [6.45, 7) is 3.27. The number of aliphatic hydroxyl groups excluding tert-OH is 1. The standard InChI is InChI=1S/C18H22N2O2S/c1-13(17-8-4-10-23-17)19-15-6-2-5-14(11-15)18(22)20-9-3-7-16(21)12-20/h2,4-6,8,10-11,13,16,19,21H,3,7,9,12H2,1H3. The van der Waals surface area contributed by atoms with E-state index in [0.29, 0.717) is 12.1 Å². The first-order chi connectivity index (χ1) is 11.1. The number of piperidine rings is 1. The molecule has 122 valence electrons. The number of hydrogen-bond donors (Lipinski definition) is 2. The lowest BCUT2D eigenvalue weighted by atomic mass is 10.1. The lowest BCUT2D eigenvalue weighted by Gasteiger charge is -2.30. The third kappa shape index (κ3) is 3.92. The molecule has 2 unspecified atom stereocenters. The molecule has 0 radical (unpaired) electrons. The molecule has 2 heterocycles. The highest BCUT2D eigenvalue weighted by atomic mass is 32.1. The Labute approximate surface area is 140 Å². The summed E-state index contributed by atoms with van der Waals surface area (Å²) in [5.74, 6) is -0.00354. The van der Waals surface area contributed by atoms with Gasteiger partial charge in [0.2, 0.25) is 0 Å². The van der Waals surface area contributed by atoms with Crippen molar-refractivity contribution in [1.82, 2.24) is 4.90 Å². The van der Waals surface area contributed by atoms with Crippen LogP contribution in [0.15, 0.2) is 41.8 Å². The van der Waals surface area contributed by atoms with Gasteiger partial charge in [0.25, 0.3) is 5.91 Å². The van der Waals surface area contributed by atoms with Crippen LogP contribution >= 0.6 is 11.3 Å². The fraction of sp³-hybridized carbons (Fsp3) is 0.389. The van der Waals surface area contributed by atoms with Gasteiger partial charge < -0.3 is 15.3 Å². The largest absolute Gasteiger partial charge is 0.391 e. The molecule has 1 aromatic carbocycles. The van der Waals surface area contributed by atoms with Crippen LogP contribution in [-0.2, 0) is 0 Å². The molecule has 1 saturated heterocycles. The molecular formula is C18H22N2O2S. The SMILES string of the molecule is CC(Nc1cccc(C(=O)N2CCCC(O)C2)c1)c1cccs1. The smallest absolute Gasteiger partial charge is 0.254 e. The summed E-state index contributed by atoms with van der Waals surface area (Å²) < 4.78 is 0. The molecule has 0 saturated carbocycles. The molecule has 1 aromatic heterocycles. The van der Waals surface area contributed by atoms with Crippen molar-refractivity contribution in [3.8, 4) is 0 Å². The van der Waals surface area contributed by atoms with Crippen molar-refractivity contribution in [3.05, 3.63) is 52.2 Å². The molecule has 0 aliphatic carbocycles. The highest BCUT2D eigenvalue weighted by molar-refractivity contribution is 7.10. The predicted octanol–water partition coefficient (Wildman–Crippen LogP) is 3.52. The van der Waals surface area contributed by atoms with Crippen molar-refractivity contribution in [2.45, 2.75) is 31.9 Å². The van der Waals surface area contributed by atoms with E-state index in [9.17, 15) is 9.90 Å². The topological polar surface area (TPSA) is 52.6 Å². The van der Waals surface area contributed by atoms with E-state index < -0.39 is 6.10 Å². The second-order valence-electron chi connectivity index (χ2n) is 6.01. The summed E-state index contributed by atoms with van der Waals surface area (Å²) in [7, 11) is 0. The second kappa shape index (κ2) is 7.15. The number of carbonyl (C=O) groups excluding carboxylic acids is 1. The molecule has 2 atom stereocenters. The summed E-state index contributed by atoms with van der Waals surface area (Å²) >= 11 is 1.72. The van der Waals surface area contributed by atoms with Gasteiger partial charge in [-0.2, -0.15) is 0 Å². The van der Waals surface area contributed by atoms with Crippen molar-refractivity contribution in [3.63, 3.8) is 0 Å². The van der Waals surface area contributed by atoms with E-state index in [-0.39, 0.29) is 11.9 Å². The number of likely N-dealkylation sites (tertiary alicyclic amines) is 1. The van der Waals surface area contributed by atoms with Gasteiger partial charge in [0.1, 0.15) is 0 Å². The van der Waals surface area contributed by atoms with Crippen LogP contribution in [0.2, 0.25) is 0 Å². The van der Waals surface area contributed by atoms with Crippen LogP contribution in [0.1, 0.15) is 41.0 Å². The molecule has 2 aromatic rings. The maximum atomic E-state index is 12.6. The molecule has 1 fully saturated rings. The molecule has 23 heavy (non-hydrogen) atoms. The monoisotopic (exact) mass is 330 g/mol. The number of nitrogens with one attached hydrogen (secondary N) is 1. The average Bonchev–Trinajstić information content (AvgIpc) is 3.09. The van der Waals surface area contributed by atoms with Gasteiger partial charge in [-0.25, -0.2) is 0 Å². The molecule has 2 N–H and O–H groups in total. The van der Waals surface area contributed by atoms with E-state index in [1.807, 2.05) is 30.3 Å². The fourth-order valence-electron chi connectivity index (χ4n) is 2.92. The summed E-state index contributed by atoms with van der Waals surface area (Å²) in [5, 5.41) is 15.3. The number of thiophene rings is 1. The second-order valence-corrected chi connectivity index (χ2v) is 6.99. The first-order valence-corrected chi connectivity index (χ1v) is 8.89. The minimum absolute atomic E-state index is 0.00354. The summed E-state index contributed by atoms with van der Waals surface area (Å²) in [6, 6.07) is 12.0. The Hall–Kier alpha value is -1.85. The lowest BCUT2D eigenvalue weighted by molar-refractivity contribution is 0.0474. The van der Waals surface area contributed by atoms with E-state index in [1.54, 1.807) is 16.2 Å². The van der Waals surface area contributed by atoms with Crippen molar-refractivity contribution < 1.29 is 9.90 Å². The van der Waals surface area contributed by atoms with Gasteiger partial charge in [0.05, 0.1) is 12.1 Å². The Bertz CT molecular complexity index is 657. The molecule has 5 heteroatoms. The molecule has 0 bridgehead atoms. The van der Waals surface area contributed by atoms with Crippen LogP contribution in [0.4, 0.5) is 5.69 Å². The van der Waals surface area contributed by atoms with Crippen molar-refractivity contribution in [1.29, 1.82) is 0 Å². The normalized spacial score (nSPS) is 19.4. The summed E-state index contributed by atoms with van der Waals surface area (Å²) in [4.78, 5) is 15.6. The maximum Gasteiger partial charge on any atom is 0.254 e. The molecule has 1 aliphatic heterocycles. The van der Waals surface area contributed by atoms with Gasteiger partial charge >= 0.3 is 0 Å². The van der Waals surface area contributed by atoms with Crippen LogP contribution in [0.25, 0.3) is 0 Å². The quantitative estimate of drug-likeness (QED) is 0.902. The fourth-order valence-corrected chi connectivity index (χ4v) is 3.66. The minimum atomic E-state index is -0.396. The zero-order valence-electron chi connectivity index (χ0n) is 13.2. The first kappa shape index (κ1) is 16.0. The lowest BCUT2D eigenvalue weighted by Crippen LogP contribution is -2.42. The van der Waals surface area contributed by atoms with Crippen molar-refractivity contribution >= 4 is 22.9 Å². The zero-order chi connectivity index (χ0) is 16.2. The molecule has 3 rings (SSSR count). The van der Waals surface area contributed by atoms with E-state index >= 15 is 0 Å². The third-order valence-corrected chi connectivity index (χ3v) is 5.20. The van der Waals surface area contributed by atoms with Gasteiger partial charge in [-0.1, -0.05) is 12.1 Å². The molecule has 1 aliphatic rings. The summed E-state index contributed by atoms with van der Waals surface area (Å²) in [6.07, 6.45) is 1.25. The van der Waals surface area contributed by atoms with Crippen LogP contribution in [0.5, 0.6) is 0 Å². The van der Waals surface area contributed by atoms with Crippen LogP contribution < -0.4 is 5.32 Å². The number of nitrogens with zero attached hydrogens (tertiary/aromatic N) is 1. The van der Waals surface area contributed by atoms with Gasteiger partial charge in [-0.15, -0.1) is 11.3 Å². The van der Waals surface area contributed by atoms with E-state index in [4.69, 9.17) is 0 Å². The first-order valence-electron chi connectivity index (χ1n) is 8.01. The Morgan fingerprint density at radius 2 is 2.26 bits per heavy atom. The Kier molecular flexibility index (Phi) is 4.98.